The van der Waals surface area contributed by atoms with E-state index in [1.165, 1.54) is 11.0 Å². The summed E-state index contributed by atoms with van der Waals surface area (Å²) in [4.78, 5) is 13.1. The van der Waals surface area contributed by atoms with Crippen molar-refractivity contribution in [2.45, 2.75) is 19.6 Å². The minimum Gasteiger partial charge on any atom is -0.336 e. The second-order valence-electron chi connectivity index (χ2n) is 4.65. The normalized spacial score (nSPS) is 16.8. The largest absolute Gasteiger partial charge is 0.416 e. The summed E-state index contributed by atoms with van der Waals surface area (Å²) in [6.45, 7) is 2.86. The molecule has 3 nitrogen and oxygen atoms in total. The van der Waals surface area contributed by atoms with E-state index in [4.69, 9.17) is 0 Å². The summed E-state index contributed by atoms with van der Waals surface area (Å²) in [5.41, 5.74) is 0.0508. The van der Waals surface area contributed by atoms with Gasteiger partial charge in [0.25, 0.3) is 0 Å². The fourth-order valence-electron chi connectivity index (χ4n) is 2.11. The molecule has 0 aromatic heterocycles. The first-order valence-electron chi connectivity index (χ1n) is 6.03. The second kappa shape index (κ2) is 5.21. The average Bonchev–Trinajstić information content (AvgIpc) is 2.33. The van der Waals surface area contributed by atoms with Gasteiger partial charge in [-0.2, -0.15) is 13.2 Å². The van der Waals surface area contributed by atoms with Gasteiger partial charge < -0.3 is 10.2 Å². The fourth-order valence-corrected chi connectivity index (χ4v) is 2.11. The summed E-state index contributed by atoms with van der Waals surface area (Å²) in [7, 11) is 0. The SMILES string of the molecule is Cc1ccc(CN2CCNCC2=O)c(C(F)(F)F)c1. The molecule has 0 radical (unpaired) electrons. The van der Waals surface area contributed by atoms with Crippen molar-refractivity contribution in [3.8, 4) is 0 Å². The molecule has 0 aliphatic carbocycles. The van der Waals surface area contributed by atoms with Crippen LogP contribution in [0.4, 0.5) is 13.2 Å². The number of alkyl halides is 3. The monoisotopic (exact) mass is 272 g/mol. The predicted molar refractivity (Wildman–Crippen MR) is 64.5 cm³/mol. The van der Waals surface area contributed by atoms with E-state index in [2.05, 4.69) is 5.32 Å². The number of aryl methyl sites for hydroxylation is 1. The van der Waals surface area contributed by atoms with Gasteiger partial charge in [0.05, 0.1) is 12.1 Å². The summed E-state index contributed by atoms with van der Waals surface area (Å²) < 4.78 is 38.9. The maximum Gasteiger partial charge on any atom is 0.416 e. The molecule has 0 unspecified atom stereocenters. The molecule has 2 rings (SSSR count). The molecule has 19 heavy (non-hydrogen) atoms. The Kier molecular flexibility index (Phi) is 3.80. The number of hydrogen-bond acceptors (Lipinski definition) is 2. The molecule has 1 aromatic rings. The van der Waals surface area contributed by atoms with Crippen LogP contribution in [0.3, 0.4) is 0 Å². The molecule has 1 aliphatic heterocycles. The highest BCUT2D eigenvalue weighted by molar-refractivity contribution is 5.79. The van der Waals surface area contributed by atoms with E-state index in [0.29, 0.717) is 18.7 Å². The highest BCUT2D eigenvalue weighted by atomic mass is 19.4. The molecule has 1 heterocycles. The van der Waals surface area contributed by atoms with Crippen LogP contribution in [0.2, 0.25) is 0 Å². The number of nitrogens with one attached hydrogen (secondary N) is 1. The van der Waals surface area contributed by atoms with E-state index >= 15 is 0 Å². The van der Waals surface area contributed by atoms with E-state index in [-0.39, 0.29) is 24.6 Å². The van der Waals surface area contributed by atoms with Gasteiger partial charge in [-0.3, -0.25) is 4.79 Å². The highest BCUT2D eigenvalue weighted by Crippen LogP contribution is 2.33. The molecule has 1 saturated heterocycles. The maximum absolute atomic E-state index is 13.0. The molecule has 0 spiro atoms. The lowest BCUT2D eigenvalue weighted by Gasteiger charge is -2.28. The standard InChI is InChI=1S/C13H15F3N2O/c1-9-2-3-10(11(6-9)13(14,15)16)8-18-5-4-17-7-12(18)19/h2-3,6,17H,4-5,7-8H2,1H3. The number of hydrogen-bond donors (Lipinski definition) is 1. The molecule has 1 amide bonds. The number of piperazine rings is 1. The lowest BCUT2D eigenvalue weighted by Crippen LogP contribution is -2.47. The van der Waals surface area contributed by atoms with Crippen LogP contribution in [-0.4, -0.2) is 30.4 Å². The number of amides is 1. The Bertz CT molecular complexity index is 485. The Morgan fingerprint density at radius 2 is 2.11 bits per heavy atom. The zero-order valence-electron chi connectivity index (χ0n) is 10.5. The number of benzene rings is 1. The first kappa shape index (κ1) is 13.9. The van der Waals surface area contributed by atoms with E-state index in [0.717, 1.165) is 6.07 Å². The summed E-state index contributed by atoms with van der Waals surface area (Å²) in [5.74, 6) is -0.167. The number of carbonyl (C=O) groups is 1. The minimum atomic E-state index is -4.39. The molecule has 0 atom stereocenters. The molecule has 1 aromatic carbocycles. The Morgan fingerprint density at radius 3 is 2.74 bits per heavy atom. The quantitative estimate of drug-likeness (QED) is 0.892. The van der Waals surface area contributed by atoms with Crippen LogP contribution in [0.5, 0.6) is 0 Å². The third-order valence-corrected chi connectivity index (χ3v) is 3.12. The van der Waals surface area contributed by atoms with Gasteiger partial charge in [-0.05, 0) is 18.6 Å². The highest BCUT2D eigenvalue weighted by Gasteiger charge is 2.34. The van der Waals surface area contributed by atoms with Crippen LogP contribution >= 0.6 is 0 Å². The van der Waals surface area contributed by atoms with Crippen molar-refractivity contribution in [1.29, 1.82) is 0 Å². The maximum atomic E-state index is 13.0. The molecule has 0 bridgehead atoms. The summed E-state index contributed by atoms with van der Waals surface area (Å²) >= 11 is 0. The number of nitrogens with zero attached hydrogens (tertiary/aromatic N) is 1. The van der Waals surface area contributed by atoms with Crippen molar-refractivity contribution in [2.24, 2.45) is 0 Å². The Hall–Kier alpha value is -1.56. The van der Waals surface area contributed by atoms with Crippen LogP contribution in [0.25, 0.3) is 0 Å². The van der Waals surface area contributed by atoms with Crippen LogP contribution in [-0.2, 0) is 17.5 Å². The summed E-state index contributed by atoms with van der Waals surface area (Å²) in [5, 5.41) is 2.89. The van der Waals surface area contributed by atoms with Crippen LogP contribution in [0.15, 0.2) is 18.2 Å². The van der Waals surface area contributed by atoms with E-state index in [1.807, 2.05) is 0 Å². The van der Waals surface area contributed by atoms with E-state index in [1.54, 1.807) is 13.0 Å². The molecular formula is C13H15F3N2O. The van der Waals surface area contributed by atoms with Crippen molar-refractivity contribution in [2.75, 3.05) is 19.6 Å². The zero-order valence-corrected chi connectivity index (χ0v) is 10.5. The third-order valence-electron chi connectivity index (χ3n) is 3.12. The van der Waals surface area contributed by atoms with Crippen LogP contribution < -0.4 is 5.32 Å². The summed E-state index contributed by atoms with van der Waals surface area (Å²) in [6.07, 6.45) is -4.39. The van der Waals surface area contributed by atoms with Gasteiger partial charge in [0.2, 0.25) is 5.91 Å². The molecule has 104 valence electrons. The van der Waals surface area contributed by atoms with Crippen molar-refractivity contribution in [1.82, 2.24) is 10.2 Å². The van der Waals surface area contributed by atoms with Gasteiger partial charge in [0.1, 0.15) is 0 Å². The van der Waals surface area contributed by atoms with Crippen molar-refractivity contribution in [3.63, 3.8) is 0 Å². The first-order valence-corrected chi connectivity index (χ1v) is 6.03. The Balaban J connectivity index is 2.27. The number of halogens is 3. The lowest BCUT2D eigenvalue weighted by atomic mass is 10.0. The molecular weight excluding hydrogens is 257 g/mol. The van der Waals surface area contributed by atoms with Gasteiger partial charge in [-0.25, -0.2) is 0 Å². The van der Waals surface area contributed by atoms with Gasteiger partial charge in [-0.15, -0.1) is 0 Å². The van der Waals surface area contributed by atoms with Crippen molar-refractivity contribution < 1.29 is 18.0 Å². The van der Waals surface area contributed by atoms with Crippen molar-refractivity contribution in [3.05, 3.63) is 34.9 Å². The third kappa shape index (κ3) is 3.26. The minimum absolute atomic E-state index is 0.00956. The second-order valence-corrected chi connectivity index (χ2v) is 4.65. The van der Waals surface area contributed by atoms with Crippen LogP contribution in [0, 0.1) is 6.92 Å². The van der Waals surface area contributed by atoms with E-state index < -0.39 is 11.7 Å². The lowest BCUT2D eigenvalue weighted by molar-refractivity contribution is -0.140. The van der Waals surface area contributed by atoms with Crippen LogP contribution in [0.1, 0.15) is 16.7 Å². The Labute approximate surface area is 109 Å². The molecule has 6 heteroatoms. The van der Waals surface area contributed by atoms with Gasteiger partial charge in [0, 0.05) is 19.6 Å². The Morgan fingerprint density at radius 1 is 1.37 bits per heavy atom. The van der Waals surface area contributed by atoms with Gasteiger partial charge >= 0.3 is 6.18 Å². The molecule has 1 aliphatic rings. The smallest absolute Gasteiger partial charge is 0.336 e. The average molecular weight is 272 g/mol. The molecule has 0 saturated carbocycles. The zero-order chi connectivity index (χ0) is 14.0. The van der Waals surface area contributed by atoms with E-state index in [9.17, 15) is 18.0 Å². The van der Waals surface area contributed by atoms with Crippen molar-refractivity contribution >= 4 is 5.91 Å². The van der Waals surface area contributed by atoms with Gasteiger partial charge in [0.15, 0.2) is 0 Å². The fraction of sp³-hybridized carbons (Fsp3) is 0.462. The molecule has 1 N–H and O–H groups in total. The topological polar surface area (TPSA) is 32.3 Å². The summed E-state index contributed by atoms with van der Waals surface area (Å²) in [6, 6.07) is 4.22. The number of rotatable bonds is 2. The number of carbonyl (C=O) groups excluding carboxylic acids is 1. The molecule has 1 fully saturated rings. The van der Waals surface area contributed by atoms with Gasteiger partial charge in [-0.1, -0.05) is 17.7 Å². The predicted octanol–water partition coefficient (Wildman–Crippen LogP) is 1.95. The first-order chi connectivity index (χ1) is 8.88.